The standard InChI is InChI=1S/C20H26F3N3O/c1-5-6-9-15-10-7-8-11-17(15)26(4)18-16(20(21,22)23)12-24-19(25-18)27-13-14(2)3/h7-8,10-12,14H,5-6,9,13H2,1-4H3. The number of hydrogen-bond donors (Lipinski definition) is 0. The number of alkyl halides is 3. The summed E-state index contributed by atoms with van der Waals surface area (Å²) >= 11 is 0. The molecule has 0 aliphatic heterocycles. The van der Waals surface area contributed by atoms with E-state index in [1.165, 1.54) is 4.90 Å². The van der Waals surface area contributed by atoms with Crippen molar-refractivity contribution in [1.29, 1.82) is 0 Å². The molecule has 0 fully saturated rings. The second-order valence-corrected chi connectivity index (χ2v) is 6.88. The number of benzene rings is 1. The van der Waals surface area contributed by atoms with Gasteiger partial charge in [0.15, 0.2) is 5.82 Å². The highest BCUT2D eigenvalue weighted by atomic mass is 19.4. The molecule has 0 bridgehead atoms. The van der Waals surface area contributed by atoms with Gasteiger partial charge in [-0.05, 0) is 30.4 Å². The van der Waals surface area contributed by atoms with Gasteiger partial charge in [-0.25, -0.2) is 4.98 Å². The fraction of sp³-hybridized carbons (Fsp3) is 0.500. The second kappa shape index (κ2) is 9.06. The van der Waals surface area contributed by atoms with Crippen molar-refractivity contribution in [1.82, 2.24) is 9.97 Å². The molecule has 1 aromatic heterocycles. The zero-order valence-electron chi connectivity index (χ0n) is 16.2. The van der Waals surface area contributed by atoms with E-state index in [0.29, 0.717) is 12.3 Å². The SMILES string of the molecule is CCCCc1ccccc1N(C)c1nc(OCC(C)C)ncc1C(F)(F)F. The zero-order valence-corrected chi connectivity index (χ0v) is 16.2. The Morgan fingerprint density at radius 2 is 1.89 bits per heavy atom. The molecular formula is C20H26F3N3O. The Morgan fingerprint density at radius 1 is 1.19 bits per heavy atom. The van der Waals surface area contributed by atoms with E-state index in [1.807, 2.05) is 38.1 Å². The van der Waals surface area contributed by atoms with Gasteiger partial charge in [0.05, 0.1) is 6.61 Å². The maximum atomic E-state index is 13.5. The van der Waals surface area contributed by atoms with Crippen LogP contribution in [0.25, 0.3) is 0 Å². The van der Waals surface area contributed by atoms with Crippen LogP contribution in [0.1, 0.15) is 44.7 Å². The Morgan fingerprint density at radius 3 is 2.52 bits per heavy atom. The van der Waals surface area contributed by atoms with Crippen LogP contribution in [0.2, 0.25) is 0 Å². The summed E-state index contributed by atoms with van der Waals surface area (Å²) in [6, 6.07) is 7.40. The van der Waals surface area contributed by atoms with Crippen molar-refractivity contribution in [2.24, 2.45) is 5.92 Å². The maximum Gasteiger partial charge on any atom is 0.421 e. The first kappa shape index (κ1) is 21.0. The van der Waals surface area contributed by atoms with Crippen LogP contribution < -0.4 is 9.64 Å². The Hall–Kier alpha value is -2.31. The predicted molar refractivity (Wildman–Crippen MR) is 100 cm³/mol. The molecule has 0 aliphatic carbocycles. The molecular weight excluding hydrogens is 355 g/mol. The van der Waals surface area contributed by atoms with Crippen molar-refractivity contribution in [3.63, 3.8) is 0 Å². The van der Waals surface area contributed by atoms with E-state index in [1.54, 1.807) is 7.05 Å². The molecule has 0 saturated heterocycles. The quantitative estimate of drug-likeness (QED) is 0.593. The monoisotopic (exact) mass is 381 g/mol. The third-order valence-electron chi connectivity index (χ3n) is 4.07. The highest BCUT2D eigenvalue weighted by Crippen LogP contribution is 2.38. The molecule has 7 heteroatoms. The minimum atomic E-state index is -4.56. The molecule has 2 rings (SSSR count). The molecule has 1 aromatic carbocycles. The van der Waals surface area contributed by atoms with Gasteiger partial charge in [0.25, 0.3) is 0 Å². The maximum absolute atomic E-state index is 13.5. The lowest BCUT2D eigenvalue weighted by Crippen LogP contribution is -2.20. The Bertz CT molecular complexity index is 747. The van der Waals surface area contributed by atoms with Gasteiger partial charge in [-0.15, -0.1) is 0 Å². The summed E-state index contributed by atoms with van der Waals surface area (Å²) in [5, 5.41) is 0. The number of nitrogens with zero attached hydrogens (tertiary/aromatic N) is 3. The zero-order chi connectivity index (χ0) is 20.0. The lowest BCUT2D eigenvalue weighted by Gasteiger charge is -2.25. The Kier molecular flexibility index (Phi) is 7.05. The number of anilines is 2. The van der Waals surface area contributed by atoms with Crippen LogP contribution in [-0.4, -0.2) is 23.6 Å². The van der Waals surface area contributed by atoms with Crippen molar-refractivity contribution in [2.75, 3.05) is 18.6 Å². The largest absolute Gasteiger partial charge is 0.463 e. The molecule has 4 nitrogen and oxygen atoms in total. The van der Waals surface area contributed by atoms with E-state index < -0.39 is 11.7 Å². The summed E-state index contributed by atoms with van der Waals surface area (Å²) in [6.07, 6.45) is -1.00. The lowest BCUT2D eigenvalue weighted by atomic mass is 10.1. The average molecular weight is 381 g/mol. The molecule has 1 heterocycles. The van der Waals surface area contributed by atoms with Crippen LogP contribution in [0.4, 0.5) is 24.7 Å². The van der Waals surface area contributed by atoms with E-state index in [-0.39, 0.29) is 17.7 Å². The van der Waals surface area contributed by atoms with Crippen molar-refractivity contribution < 1.29 is 17.9 Å². The Labute approximate surface area is 158 Å². The van der Waals surface area contributed by atoms with Gasteiger partial charge in [-0.1, -0.05) is 45.4 Å². The number of para-hydroxylation sites is 1. The molecule has 0 unspecified atom stereocenters. The predicted octanol–water partition coefficient (Wildman–Crippen LogP) is 5.64. The number of hydrogen-bond acceptors (Lipinski definition) is 4. The summed E-state index contributed by atoms with van der Waals surface area (Å²) in [7, 11) is 1.59. The summed E-state index contributed by atoms with van der Waals surface area (Å²) in [5.74, 6) is 0.00652. The van der Waals surface area contributed by atoms with Crippen molar-refractivity contribution >= 4 is 11.5 Å². The molecule has 0 amide bonds. The molecule has 2 aromatic rings. The van der Waals surface area contributed by atoms with Crippen LogP contribution in [-0.2, 0) is 12.6 Å². The van der Waals surface area contributed by atoms with E-state index in [4.69, 9.17) is 4.74 Å². The summed E-state index contributed by atoms with van der Waals surface area (Å²) in [5.41, 5.74) is 0.801. The summed E-state index contributed by atoms with van der Waals surface area (Å²) in [6.45, 7) is 6.31. The topological polar surface area (TPSA) is 38.2 Å². The van der Waals surface area contributed by atoms with Crippen LogP contribution in [0.3, 0.4) is 0 Å². The van der Waals surface area contributed by atoms with Gasteiger partial charge in [0.2, 0.25) is 0 Å². The molecule has 0 saturated carbocycles. The fourth-order valence-electron chi connectivity index (χ4n) is 2.65. The second-order valence-electron chi connectivity index (χ2n) is 6.88. The lowest BCUT2D eigenvalue weighted by molar-refractivity contribution is -0.137. The fourth-order valence-corrected chi connectivity index (χ4v) is 2.65. The van der Waals surface area contributed by atoms with Gasteiger partial charge in [0.1, 0.15) is 5.56 Å². The summed E-state index contributed by atoms with van der Waals surface area (Å²) < 4.78 is 46.0. The number of halogens is 3. The first-order valence-corrected chi connectivity index (χ1v) is 9.12. The van der Waals surface area contributed by atoms with Gasteiger partial charge in [-0.2, -0.15) is 18.2 Å². The molecule has 0 spiro atoms. The molecule has 148 valence electrons. The van der Waals surface area contributed by atoms with Gasteiger partial charge >= 0.3 is 12.2 Å². The third-order valence-corrected chi connectivity index (χ3v) is 4.07. The minimum absolute atomic E-state index is 0.0513. The summed E-state index contributed by atoms with van der Waals surface area (Å²) in [4.78, 5) is 9.30. The first-order chi connectivity index (χ1) is 12.7. The molecule has 0 aliphatic rings. The normalized spacial score (nSPS) is 11.7. The molecule has 0 atom stereocenters. The van der Waals surface area contributed by atoms with Crippen molar-refractivity contribution in [3.05, 3.63) is 41.6 Å². The first-order valence-electron chi connectivity index (χ1n) is 9.12. The number of aryl methyl sites for hydroxylation is 1. The van der Waals surface area contributed by atoms with Gasteiger partial charge < -0.3 is 9.64 Å². The van der Waals surface area contributed by atoms with Crippen LogP contribution in [0.5, 0.6) is 6.01 Å². The third kappa shape index (κ3) is 5.58. The van der Waals surface area contributed by atoms with Crippen molar-refractivity contribution in [3.8, 4) is 6.01 Å². The van der Waals surface area contributed by atoms with E-state index in [9.17, 15) is 13.2 Å². The van der Waals surface area contributed by atoms with E-state index in [0.717, 1.165) is 31.0 Å². The molecule has 27 heavy (non-hydrogen) atoms. The Balaban J connectivity index is 2.46. The number of ether oxygens (including phenoxy) is 1. The minimum Gasteiger partial charge on any atom is -0.463 e. The van der Waals surface area contributed by atoms with Crippen LogP contribution in [0, 0.1) is 5.92 Å². The number of rotatable bonds is 8. The van der Waals surface area contributed by atoms with Crippen molar-refractivity contribution in [2.45, 2.75) is 46.2 Å². The van der Waals surface area contributed by atoms with Crippen LogP contribution in [0.15, 0.2) is 30.5 Å². The number of aromatic nitrogens is 2. The highest BCUT2D eigenvalue weighted by Gasteiger charge is 2.37. The number of unbranched alkanes of at least 4 members (excludes halogenated alkanes) is 1. The highest BCUT2D eigenvalue weighted by molar-refractivity contribution is 5.66. The average Bonchev–Trinajstić information content (AvgIpc) is 2.63. The van der Waals surface area contributed by atoms with Crippen LogP contribution >= 0.6 is 0 Å². The van der Waals surface area contributed by atoms with E-state index >= 15 is 0 Å². The van der Waals surface area contributed by atoms with Gasteiger partial charge in [0, 0.05) is 18.9 Å². The smallest absolute Gasteiger partial charge is 0.421 e. The van der Waals surface area contributed by atoms with E-state index in [2.05, 4.69) is 16.9 Å². The van der Waals surface area contributed by atoms with Gasteiger partial charge in [-0.3, -0.25) is 0 Å². The molecule has 0 radical (unpaired) electrons. The molecule has 0 N–H and O–H groups in total.